The lowest BCUT2D eigenvalue weighted by atomic mass is 10.2. The van der Waals surface area contributed by atoms with Crippen LogP contribution in [0.15, 0.2) is 22.7 Å². The highest BCUT2D eigenvalue weighted by Crippen LogP contribution is 2.23. The van der Waals surface area contributed by atoms with Gasteiger partial charge in [0.2, 0.25) is 5.91 Å². The average Bonchev–Trinajstić information content (AvgIpc) is 2.68. The van der Waals surface area contributed by atoms with Gasteiger partial charge in [0, 0.05) is 17.2 Å². The van der Waals surface area contributed by atoms with Gasteiger partial charge in [0.15, 0.2) is 0 Å². The first kappa shape index (κ1) is 16.0. The van der Waals surface area contributed by atoms with Crippen LogP contribution in [0.4, 0.5) is 5.69 Å². The van der Waals surface area contributed by atoms with Crippen molar-refractivity contribution in [3.05, 3.63) is 44.6 Å². The van der Waals surface area contributed by atoms with Gasteiger partial charge in [0.05, 0.1) is 16.4 Å². The van der Waals surface area contributed by atoms with E-state index in [0.717, 1.165) is 27.1 Å². The fraction of sp³-hybridized carbons (Fsp3) is 0.333. The average molecular weight is 371 g/mol. The Kier molecular flexibility index (Phi) is 4.74. The third-order valence-electron chi connectivity index (χ3n) is 3.48. The lowest BCUT2D eigenvalue weighted by molar-refractivity contribution is -0.119. The van der Waals surface area contributed by atoms with Gasteiger partial charge >= 0.3 is 0 Å². The summed E-state index contributed by atoms with van der Waals surface area (Å²) < 4.78 is 2.67. The number of likely N-dealkylation sites (N-methyl/N-ethyl adjacent to an activating group) is 1. The third-order valence-corrected chi connectivity index (χ3v) is 4.92. The number of rotatable bonds is 3. The second-order valence-electron chi connectivity index (χ2n) is 5.03. The van der Waals surface area contributed by atoms with Crippen LogP contribution in [0.2, 0.25) is 5.02 Å². The first-order valence-corrected chi connectivity index (χ1v) is 7.70. The van der Waals surface area contributed by atoms with Crippen LogP contribution in [-0.2, 0) is 11.3 Å². The van der Waals surface area contributed by atoms with Crippen LogP contribution in [-0.4, -0.2) is 22.7 Å². The van der Waals surface area contributed by atoms with Gasteiger partial charge in [-0.25, -0.2) is 0 Å². The maximum Gasteiger partial charge on any atom is 0.248 e. The topological polar surface area (TPSA) is 38.1 Å². The molecule has 0 N–H and O–H groups in total. The predicted molar refractivity (Wildman–Crippen MR) is 89.0 cm³/mol. The van der Waals surface area contributed by atoms with Crippen LogP contribution in [0.5, 0.6) is 0 Å². The van der Waals surface area contributed by atoms with Gasteiger partial charge in [-0.1, -0.05) is 27.5 Å². The molecule has 0 unspecified atom stereocenters. The summed E-state index contributed by atoms with van der Waals surface area (Å²) >= 11 is 9.56. The minimum Gasteiger partial charge on any atom is -0.314 e. The summed E-state index contributed by atoms with van der Waals surface area (Å²) in [6, 6.07) is 5.81. The minimum atomic E-state index is -0.0426. The Morgan fingerprint density at radius 3 is 2.57 bits per heavy atom. The summed E-state index contributed by atoms with van der Waals surface area (Å²) in [5.74, 6) is -0.0426. The van der Waals surface area contributed by atoms with Crippen molar-refractivity contribution < 1.29 is 4.79 Å². The largest absolute Gasteiger partial charge is 0.314 e. The van der Waals surface area contributed by atoms with E-state index in [1.165, 1.54) is 0 Å². The molecule has 1 aromatic carbocycles. The van der Waals surface area contributed by atoms with Crippen LogP contribution in [0.25, 0.3) is 0 Å². The van der Waals surface area contributed by atoms with Gasteiger partial charge < -0.3 is 4.90 Å². The Morgan fingerprint density at radius 2 is 2.05 bits per heavy atom. The van der Waals surface area contributed by atoms with Crippen LogP contribution in [0.1, 0.15) is 17.0 Å². The van der Waals surface area contributed by atoms with E-state index in [9.17, 15) is 4.79 Å². The molecule has 1 heterocycles. The normalized spacial score (nSPS) is 10.8. The van der Waals surface area contributed by atoms with Crippen molar-refractivity contribution in [2.24, 2.45) is 0 Å². The van der Waals surface area contributed by atoms with Crippen LogP contribution >= 0.6 is 27.5 Å². The van der Waals surface area contributed by atoms with Gasteiger partial charge in [-0.15, -0.1) is 0 Å². The molecular weight excluding hydrogens is 354 g/mol. The quantitative estimate of drug-likeness (QED) is 0.822. The standard InChI is InChI=1S/C15H17BrClN3O/c1-9-7-12(5-6-13(9)16)19(4)14(21)8-20-11(3)15(17)10(2)18-20/h5-7H,8H2,1-4H3. The number of carbonyl (C=O) groups excluding carboxylic acids is 1. The highest BCUT2D eigenvalue weighted by molar-refractivity contribution is 9.10. The molecule has 0 radical (unpaired) electrons. The Labute approximate surface area is 137 Å². The molecule has 21 heavy (non-hydrogen) atoms. The summed E-state index contributed by atoms with van der Waals surface area (Å²) in [6.07, 6.45) is 0. The Balaban J connectivity index is 2.19. The molecule has 0 aliphatic carbocycles. The van der Waals surface area contributed by atoms with Crippen molar-refractivity contribution >= 4 is 39.1 Å². The maximum absolute atomic E-state index is 12.4. The SMILES string of the molecule is Cc1cc(N(C)C(=O)Cn2nc(C)c(Cl)c2C)ccc1Br. The van der Waals surface area contributed by atoms with E-state index in [4.69, 9.17) is 11.6 Å². The van der Waals surface area contributed by atoms with E-state index in [-0.39, 0.29) is 12.5 Å². The Hall–Kier alpha value is -1.33. The summed E-state index contributed by atoms with van der Waals surface area (Å²) in [5.41, 5.74) is 3.49. The number of amides is 1. The number of benzene rings is 1. The van der Waals surface area contributed by atoms with E-state index < -0.39 is 0 Å². The lowest BCUT2D eigenvalue weighted by Crippen LogP contribution is -2.30. The highest BCUT2D eigenvalue weighted by atomic mass is 79.9. The Morgan fingerprint density at radius 1 is 1.38 bits per heavy atom. The molecule has 4 nitrogen and oxygen atoms in total. The number of hydrogen-bond acceptors (Lipinski definition) is 2. The zero-order valence-corrected chi connectivity index (χ0v) is 14.8. The van der Waals surface area contributed by atoms with E-state index in [0.29, 0.717) is 5.02 Å². The third kappa shape index (κ3) is 3.30. The van der Waals surface area contributed by atoms with Crippen LogP contribution in [0.3, 0.4) is 0 Å². The van der Waals surface area contributed by atoms with Crippen molar-refractivity contribution in [2.75, 3.05) is 11.9 Å². The fourth-order valence-electron chi connectivity index (χ4n) is 2.04. The van der Waals surface area contributed by atoms with Gasteiger partial charge in [-0.3, -0.25) is 9.48 Å². The molecule has 1 aromatic heterocycles. The van der Waals surface area contributed by atoms with Crippen molar-refractivity contribution in [3.63, 3.8) is 0 Å². The van der Waals surface area contributed by atoms with E-state index in [1.54, 1.807) is 16.6 Å². The monoisotopic (exact) mass is 369 g/mol. The predicted octanol–water partition coefficient (Wildman–Crippen LogP) is 3.89. The molecule has 0 saturated carbocycles. The zero-order chi connectivity index (χ0) is 15.7. The number of aryl methyl sites for hydroxylation is 2. The number of halogens is 2. The number of aromatic nitrogens is 2. The van der Waals surface area contributed by atoms with Gasteiger partial charge in [-0.2, -0.15) is 5.10 Å². The van der Waals surface area contributed by atoms with Gasteiger partial charge in [0.1, 0.15) is 6.54 Å². The van der Waals surface area contributed by atoms with E-state index >= 15 is 0 Å². The molecule has 2 rings (SSSR count). The Bertz CT molecular complexity index is 696. The molecule has 6 heteroatoms. The molecule has 2 aromatic rings. The second-order valence-corrected chi connectivity index (χ2v) is 6.26. The fourth-order valence-corrected chi connectivity index (χ4v) is 2.43. The van der Waals surface area contributed by atoms with Gasteiger partial charge in [-0.05, 0) is 44.5 Å². The van der Waals surface area contributed by atoms with Crippen molar-refractivity contribution in [2.45, 2.75) is 27.3 Å². The van der Waals surface area contributed by atoms with E-state index in [1.807, 2.05) is 39.0 Å². The molecule has 0 saturated heterocycles. The summed E-state index contributed by atoms with van der Waals surface area (Å²) in [7, 11) is 1.76. The molecule has 0 aliphatic heterocycles. The molecule has 0 spiro atoms. The molecule has 112 valence electrons. The molecule has 0 atom stereocenters. The minimum absolute atomic E-state index is 0.0426. The number of hydrogen-bond donors (Lipinski definition) is 0. The second kappa shape index (κ2) is 6.20. The van der Waals surface area contributed by atoms with Crippen molar-refractivity contribution in [3.8, 4) is 0 Å². The molecule has 0 bridgehead atoms. The first-order valence-electron chi connectivity index (χ1n) is 6.53. The lowest BCUT2D eigenvalue weighted by Gasteiger charge is -2.18. The number of anilines is 1. The number of carbonyl (C=O) groups is 1. The zero-order valence-electron chi connectivity index (χ0n) is 12.4. The smallest absolute Gasteiger partial charge is 0.248 e. The molecular formula is C15H17BrClN3O. The first-order chi connectivity index (χ1) is 9.81. The van der Waals surface area contributed by atoms with Crippen LogP contribution < -0.4 is 4.90 Å². The maximum atomic E-state index is 12.4. The highest BCUT2D eigenvalue weighted by Gasteiger charge is 2.16. The number of nitrogens with zero attached hydrogens (tertiary/aromatic N) is 3. The molecule has 0 fully saturated rings. The molecule has 1 amide bonds. The van der Waals surface area contributed by atoms with Crippen LogP contribution in [0, 0.1) is 20.8 Å². The van der Waals surface area contributed by atoms with Crippen molar-refractivity contribution in [1.29, 1.82) is 0 Å². The van der Waals surface area contributed by atoms with Gasteiger partial charge in [0.25, 0.3) is 0 Å². The van der Waals surface area contributed by atoms with Crippen molar-refractivity contribution in [1.82, 2.24) is 9.78 Å². The molecule has 0 aliphatic rings. The summed E-state index contributed by atoms with van der Waals surface area (Å²) in [4.78, 5) is 14.0. The summed E-state index contributed by atoms with van der Waals surface area (Å²) in [6.45, 7) is 5.86. The van der Waals surface area contributed by atoms with E-state index in [2.05, 4.69) is 21.0 Å². The summed E-state index contributed by atoms with van der Waals surface area (Å²) in [5, 5.41) is 4.90.